The average molecular weight is 275 g/mol. The van der Waals surface area contributed by atoms with Gasteiger partial charge in [-0.3, -0.25) is 0 Å². The Labute approximate surface area is 100 Å². The second-order valence-corrected chi connectivity index (χ2v) is 4.14. The van der Waals surface area contributed by atoms with Crippen LogP contribution in [0.3, 0.4) is 0 Å². The first-order valence-corrected chi connectivity index (χ1v) is 5.54. The maximum absolute atomic E-state index is 4.39. The van der Waals surface area contributed by atoms with Crippen LogP contribution in [0.4, 0.5) is 0 Å². The van der Waals surface area contributed by atoms with Crippen molar-refractivity contribution in [3.63, 3.8) is 0 Å². The predicted molar refractivity (Wildman–Crippen MR) is 63.9 cm³/mol. The maximum atomic E-state index is 4.39. The third kappa shape index (κ3) is 1.59. The van der Waals surface area contributed by atoms with Gasteiger partial charge in [0.05, 0.1) is 5.69 Å². The van der Waals surface area contributed by atoms with Crippen LogP contribution in [0.15, 0.2) is 47.5 Å². The molecule has 0 unspecified atom stereocenters. The lowest BCUT2D eigenvalue weighted by Gasteiger charge is -2.01. The Morgan fingerprint density at radius 2 is 2.06 bits per heavy atom. The summed E-state index contributed by atoms with van der Waals surface area (Å²) in [5.74, 6) is 0. The summed E-state index contributed by atoms with van der Waals surface area (Å²) in [7, 11) is 0. The first kappa shape index (κ1) is 9.47. The Hall–Kier alpha value is -1.75. The largest absolute Gasteiger partial charge is 0.241 e. The van der Waals surface area contributed by atoms with E-state index in [1.54, 1.807) is 4.52 Å². The number of pyridine rings is 2. The molecule has 78 valence electrons. The lowest BCUT2D eigenvalue weighted by molar-refractivity contribution is 0.961. The minimum absolute atomic E-state index is 0.823. The highest BCUT2D eigenvalue weighted by atomic mass is 79.9. The summed E-state index contributed by atoms with van der Waals surface area (Å²) in [4.78, 5) is 8.48. The fourth-order valence-corrected chi connectivity index (χ4v) is 1.88. The first-order chi connectivity index (χ1) is 7.83. The van der Waals surface area contributed by atoms with Crippen molar-refractivity contribution in [1.29, 1.82) is 0 Å². The van der Waals surface area contributed by atoms with E-state index in [9.17, 15) is 0 Å². The Kier molecular flexibility index (Phi) is 2.18. The maximum Gasteiger partial charge on any atom is 0.155 e. The molecule has 0 aliphatic carbocycles. The number of aromatic nitrogens is 4. The SMILES string of the molecule is Brc1cccc(-c2ccc3ncnn3c2)n1. The Balaban J connectivity index is 2.18. The van der Waals surface area contributed by atoms with E-state index in [0.717, 1.165) is 21.5 Å². The van der Waals surface area contributed by atoms with Crippen molar-refractivity contribution >= 4 is 21.6 Å². The van der Waals surface area contributed by atoms with E-state index in [1.165, 1.54) is 6.33 Å². The zero-order chi connectivity index (χ0) is 11.0. The van der Waals surface area contributed by atoms with Crippen molar-refractivity contribution in [1.82, 2.24) is 19.6 Å². The number of hydrogen-bond acceptors (Lipinski definition) is 3. The van der Waals surface area contributed by atoms with Gasteiger partial charge in [-0.25, -0.2) is 14.5 Å². The van der Waals surface area contributed by atoms with Crippen molar-refractivity contribution in [2.45, 2.75) is 0 Å². The number of rotatable bonds is 1. The second kappa shape index (κ2) is 3.68. The van der Waals surface area contributed by atoms with Gasteiger partial charge in [0, 0.05) is 11.8 Å². The molecule has 3 heterocycles. The summed E-state index contributed by atoms with van der Waals surface area (Å²) in [6, 6.07) is 9.72. The van der Waals surface area contributed by atoms with Gasteiger partial charge in [0.2, 0.25) is 0 Å². The highest BCUT2D eigenvalue weighted by Crippen LogP contribution is 2.19. The second-order valence-electron chi connectivity index (χ2n) is 3.33. The van der Waals surface area contributed by atoms with Gasteiger partial charge < -0.3 is 0 Å². The van der Waals surface area contributed by atoms with E-state index in [1.807, 2.05) is 36.5 Å². The molecule has 0 aromatic carbocycles. The van der Waals surface area contributed by atoms with Crippen molar-refractivity contribution in [3.8, 4) is 11.3 Å². The van der Waals surface area contributed by atoms with E-state index < -0.39 is 0 Å². The topological polar surface area (TPSA) is 43.1 Å². The third-order valence-electron chi connectivity index (χ3n) is 2.28. The molecule has 3 rings (SSSR count). The molecule has 0 spiro atoms. The molecule has 3 aromatic rings. The van der Waals surface area contributed by atoms with Gasteiger partial charge in [-0.15, -0.1) is 0 Å². The molecule has 0 aliphatic rings. The molecule has 0 amide bonds. The Bertz CT molecular complexity index is 647. The highest BCUT2D eigenvalue weighted by Gasteiger charge is 2.02. The molecule has 3 aromatic heterocycles. The molecule has 0 N–H and O–H groups in total. The zero-order valence-corrected chi connectivity index (χ0v) is 9.79. The van der Waals surface area contributed by atoms with Crippen LogP contribution >= 0.6 is 15.9 Å². The third-order valence-corrected chi connectivity index (χ3v) is 2.73. The quantitative estimate of drug-likeness (QED) is 0.641. The predicted octanol–water partition coefficient (Wildman–Crippen LogP) is 2.55. The van der Waals surface area contributed by atoms with Gasteiger partial charge >= 0.3 is 0 Å². The summed E-state index contributed by atoms with van der Waals surface area (Å²) < 4.78 is 2.56. The molecule has 4 nitrogen and oxygen atoms in total. The number of fused-ring (bicyclic) bond motifs is 1. The van der Waals surface area contributed by atoms with Crippen molar-refractivity contribution in [2.75, 3.05) is 0 Å². The van der Waals surface area contributed by atoms with Crippen LogP contribution in [-0.2, 0) is 0 Å². The first-order valence-electron chi connectivity index (χ1n) is 4.75. The molecule has 0 radical (unpaired) electrons. The van der Waals surface area contributed by atoms with Crippen LogP contribution < -0.4 is 0 Å². The summed E-state index contributed by atoms with van der Waals surface area (Å²) in [5.41, 5.74) is 2.75. The molecule has 16 heavy (non-hydrogen) atoms. The zero-order valence-electron chi connectivity index (χ0n) is 8.21. The van der Waals surface area contributed by atoms with Gasteiger partial charge in [0.1, 0.15) is 10.9 Å². The number of hydrogen-bond donors (Lipinski definition) is 0. The van der Waals surface area contributed by atoms with E-state index in [-0.39, 0.29) is 0 Å². The minimum atomic E-state index is 0.823. The van der Waals surface area contributed by atoms with Gasteiger partial charge in [0.15, 0.2) is 5.65 Å². The van der Waals surface area contributed by atoms with Crippen LogP contribution in [0, 0.1) is 0 Å². The summed E-state index contributed by atoms with van der Waals surface area (Å²) in [6.45, 7) is 0. The Morgan fingerprint density at radius 3 is 2.94 bits per heavy atom. The van der Waals surface area contributed by atoms with E-state index in [4.69, 9.17) is 0 Å². The monoisotopic (exact) mass is 274 g/mol. The molecule has 0 fully saturated rings. The molecule has 0 aliphatic heterocycles. The summed E-state index contributed by atoms with van der Waals surface area (Å²) in [6.07, 6.45) is 3.45. The number of nitrogens with zero attached hydrogens (tertiary/aromatic N) is 4. The van der Waals surface area contributed by atoms with E-state index in [0.29, 0.717) is 0 Å². The Morgan fingerprint density at radius 1 is 1.12 bits per heavy atom. The molecule has 5 heteroatoms. The fraction of sp³-hybridized carbons (Fsp3) is 0. The van der Waals surface area contributed by atoms with Crippen molar-refractivity contribution in [2.24, 2.45) is 0 Å². The van der Waals surface area contributed by atoms with Crippen LogP contribution in [0.2, 0.25) is 0 Å². The molecule has 0 atom stereocenters. The molecule has 0 bridgehead atoms. The lowest BCUT2D eigenvalue weighted by atomic mass is 10.2. The van der Waals surface area contributed by atoms with Gasteiger partial charge in [0.25, 0.3) is 0 Å². The van der Waals surface area contributed by atoms with Crippen LogP contribution in [0.25, 0.3) is 16.9 Å². The van der Waals surface area contributed by atoms with E-state index in [2.05, 4.69) is 31.0 Å². The van der Waals surface area contributed by atoms with Crippen LogP contribution in [0.1, 0.15) is 0 Å². The molecular weight excluding hydrogens is 268 g/mol. The van der Waals surface area contributed by atoms with Crippen molar-refractivity contribution < 1.29 is 0 Å². The highest BCUT2D eigenvalue weighted by molar-refractivity contribution is 9.10. The standard InChI is InChI=1S/C11H7BrN4/c12-10-3-1-2-9(15-10)8-4-5-11-13-7-14-16(11)6-8/h1-7H. The molecule has 0 saturated carbocycles. The van der Waals surface area contributed by atoms with Gasteiger partial charge in [-0.05, 0) is 40.2 Å². The summed E-state index contributed by atoms with van der Waals surface area (Å²) in [5, 5.41) is 4.09. The van der Waals surface area contributed by atoms with Crippen molar-refractivity contribution in [3.05, 3.63) is 47.5 Å². The van der Waals surface area contributed by atoms with Crippen LogP contribution in [0.5, 0.6) is 0 Å². The minimum Gasteiger partial charge on any atom is -0.241 e. The normalized spacial score (nSPS) is 10.8. The average Bonchev–Trinajstić information content (AvgIpc) is 2.75. The summed E-state index contributed by atoms with van der Waals surface area (Å²) >= 11 is 3.36. The smallest absolute Gasteiger partial charge is 0.155 e. The van der Waals surface area contributed by atoms with Gasteiger partial charge in [-0.1, -0.05) is 6.07 Å². The number of halogens is 1. The lowest BCUT2D eigenvalue weighted by Crippen LogP contribution is -1.90. The van der Waals surface area contributed by atoms with Gasteiger partial charge in [-0.2, -0.15) is 5.10 Å². The molecule has 0 saturated heterocycles. The van der Waals surface area contributed by atoms with Crippen LogP contribution in [-0.4, -0.2) is 19.6 Å². The van der Waals surface area contributed by atoms with E-state index >= 15 is 0 Å². The fourth-order valence-electron chi connectivity index (χ4n) is 1.54. The molecular formula is C11H7BrN4.